The molecule has 0 fully saturated rings. The van der Waals surface area contributed by atoms with Gasteiger partial charge >= 0.3 is 0 Å². The third kappa shape index (κ3) is 2.58. The fourth-order valence-electron chi connectivity index (χ4n) is 1.23. The first-order valence-corrected chi connectivity index (χ1v) is 5.45. The molecule has 0 saturated heterocycles. The second-order valence-corrected chi connectivity index (χ2v) is 4.75. The summed E-state index contributed by atoms with van der Waals surface area (Å²) in [6.45, 7) is 5.78. The van der Waals surface area contributed by atoms with E-state index in [2.05, 4.69) is 21.2 Å². The van der Waals surface area contributed by atoms with Crippen LogP contribution in [-0.2, 0) is 4.79 Å². The summed E-state index contributed by atoms with van der Waals surface area (Å²) in [4.78, 5) is 11.3. The molecule has 0 heterocycles. The van der Waals surface area contributed by atoms with Gasteiger partial charge in [-0.3, -0.25) is 4.79 Å². The Balaban J connectivity index is 2.91. The van der Waals surface area contributed by atoms with Crippen LogP contribution in [0.1, 0.15) is 18.1 Å². The number of hydrogen-bond donors (Lipinski definition) is 1. The molecule has 0 aliphatic rings. The maximum absolute atomic E-state index is 11.5. The van der Waals surface area contributed by atoms with Crippen molar-refractivity contribution in [3.63, 3.8) is 0 Å². The highest BCUT2D eigenvalue weighted by Crippen LogP contribution is 2.20. The first-order chi connectivity index (χ1) is 6.52. The monoisotopic (exact) mass is 255 g/mol. The molecule has 14 heavy (non-hydrogen) atoms. The quantitative estimate of drug-likeness (QED) is 0.809. The maximum atomic E-state index is 11.5. The normalized spacial score (nSPS) is 12.3. The molecule has 0 spiro atoms. The number of hydrogen-bond acceptors (Lipinski definition) is 1. The van der Waals surface area contributed by atoms with E-state index in [4.69, 9.17) is 0 Å². The van der Waals surface area contributed by atoms with Gasteiger partial charge in [-0.1, -0.05) is 34.1 Å². The topological polar surface area (TPSA) is 29.1 Å². The van der Waals surface area contributed by atoms with Crippen molar-refractivity contribution in [1.29, 1.82) is 0 Å². The Kier molecular flexibility index (Phi) is 3.69. The molecule has 0 aliphatic carbocycles. The fraction of sp³-hybridized carbons (Fsp3) is 0.364. The molecule has 0 unspecified atom stereocenters. The van der Waals surface area contributed by atoms with Crippen molar-refractivity contribution in [2.24, 2.45) is 0 Å². The van der Waals surface area contributed by atoms with Gasteiger partial charge in [-0.15, -0.1) is 0 Å². The Morgan fingerprint density at radius 3 is 2.29 bits per heavy atom. The molecule has 1 N–H and O–H groups in total. The minimum Gasteiger partial charge on any atom is -0.325 e. The van der Waals surface area contributed by atoms with Gasteiger partial charge in [-0.05, 0) is 31.9 Å². The molecule has 0 aliphatic heterocycles. The van der Waals surface area contributed by atoms with Crippen molar-refractivity contribution >= 4 is 27.5 Å². The number of para-hydroxylation sites is 1. The molecule has 1 rings (SSSR count). The van der Waals surface area contributed by atoms with Gasteiger partial charge in [0, 0.05) is 5.69 Å². The van der Waals surface area contributed by atoms with Crippen LogP contribution in [0, 0.1) is 13.8 Å². The Morgan fingerprint density at radius 2 is 1.86 bits per heavy atom. The van der Waals surface area contributed by atoms with Gasteiger partial charge in [0.25, 0.3) is 0 Å². The summed E-state index contributed by atoms with van der Waals surface area (Å²) in [5.74, 6) is -0.0117. The molecule has 0 saturated carbocycles. The number of carbonyl (C=O) groups excluding carboxylic acids is 1. The third-order valence-electron chi connectivity index (χ3n) is 2.09. The van der Waals surface area contributed by atoms with E-state index in [1.165, 1.54) is 0 Å². The maximum Gasteiger partial charge on any atom is 0.237 e. The Morgan fingerprint density at radius 1 is 1.36 bits per heavy atom. The van der Waals surface area contributed by atoms with Crippen LogP contribution in [0.25, 0.3) is 0 Å². The minimum absolute atomic E-state index is 0.0117. The molecular formula is C11H14BrNO. The zero-order valence-corrected chi connectivity index (χ0v) is 10.2. The van der Waals surface area contributed by atoms with Crippen molar-refractivity contribution in [1.82, 2.24) is 0 Å². The lowest BCUT2D eigenvalue weighted by atomic mass is 10.1. The highest BCUT2D eigenvalue weighted by atomic mass is 79.9. The number of nitrogens with one attached hydrogen (secondary N) is 1. The van der Waals surface area contributed by atoms with E-state index in [1.807, 2.05) is 39.0 Å². The standard InChI is InChI=1S/C11H14BrNO/c1-7-5-4-6-8(2)10(7)13-11(14)9(3)12/h4-6,9H,1-3H3,(H,13,14)/t9-/m1/s1. The van der Waals surface area contributed by atoms with Crippen LogP contribution in [0.15, 0.2) is 18.2 Å². The zero-order valence-electron chi connectivity index (χ0n) is 8.60. The number of alkyl halides is 1. The van der Waals surface area contributed by atoms with Gasteiger partial charge in [0.1, 0.15) is 0 Å². The van der Waals surface area contributed by atoms with Crippen molar-refractivity contribution < 1.29 is 4.79 Å². The van der Waals surface area contributed by atoms with Gasteiger partial charge in [-0.2, -0.15) is 0 Å². The van der Waals surface area contributed by atoms with Crippen LogP contribution >= 0.6 is 15.9 Å². The Labute approximate surface area is 92.8 Å². The Bertz CT molecular complexity index is 327. The molecule has 0 aromatic heterocycles. The summed E-state index contributed by atoms with van der Waals surface area (Å²) in [5.41, 5.74) is 3.10. The average Bonchev–Trinajstić information content (AvgIpc) is 2.11. The molecule has 0 radical (unpaired) electrons. The predicted molar refractivity (Wildman–Crippen MR) is 62.9 cm³/mol. The number of halogens is 1. The summed E-state index contributed by atoms with van der Waals surface area (Å²) in [7, 11) is 0. The molecule has 76 valence electrons. The first-order valence-electron chi connectivity index (χ1n) is 4.53. The summed E-state index contributed by atoms with van der Waals surface area (Å²) in [6.07, 6.45) is 0. The third-order valence-corrected chi connectivity index (χ3v) is 2.51. The molecule has 0 bridgehead atoms. The van der Waals surface area contributed by atoms with E-state index in [9.17, 15) is 4.79 Å². The van der Waals surface area contributed by atoms with E-state index in [1.54, 1.807) is 0 Å². The van der Waals surface area contributed by atoms with Gasteiger partial charge < -0.3 is 5.32 Å². The lowest BCUT2D eigenvalue weighted by Gasteiger charge is -2.12. The van der Waals surface area contributed by atoms with E-state index >= 15 is 0 Å². The summed E-state index contributed by atoms with van der Waals surface area (Å²) in [6, 6.07) is 5.96. The van der Waals surface area contributed by atoms with Crippen molar-refractivity contribution in [3.8, 4) is 0 Å². The molecule has 1 atom stereocenters. The Hall–Kier alpha value is -0.830. The number of carbonyl (C=O) groups is 1. The zero-order chi connectivity index (χ0) is 10.7. The van der Waals surface area contributed by atoms with E-state index in [-0.39, 0.29) is 10.7 Å². The fourth-order valence-corrected chi connectivity index (χ4v) is 1.35. The van der Waals surface area contributed by atoms with Crippen LogP contribution in [0.2, 0.25) is 0 Å². The smallest absolute Gasteiger partial charge is 0.237 e. The number of rotatable bonds is 2. The molecule has 1 amide bonds. The predicted octanol–water partition coefficient (Wildman–Crippen LogP) is 3.03. The van der Waals surface area contributed by atoms with Crippen molar-refractivity contribution in [3.05, 3.63) is 29.3 Å². The molecule has 1 aromatic rings. The lowest BCUT2D eigenvalue weighted by molar-refractivity contribution is -0.115. The van der Waals surface area contributed by atoms with Crippen LogP contribution < -0.4 is 5.32 Å². The first kappa shape index (κ1) is 11.2. The lowest BCUT2D eigenvalue weighted by Crippen LogP contribution is -2.21. The summed E-state index contributed by atoms with van der Waals surface area (Å²) < 4.78 is 0. The number of aryl methyl sites for hydroxylation is 2. The highest BCUT2D eigenvalue weighted by molar-refractivity contribution is 9.10. The SMILES string of the molecule is Cc1cccc(C)c1NC(=O)[C@@H](C)Br. The second-order valence-electron chi connectivity index (χ2n) is 3.37. The van der Waals surface area contributed by atoms with Crippen LogP contribution in [0.3, 0.4) is 0 Å². The summed E-state index contributed by atoms with van der Waals surface area (Å²) >= 11 is 3.23. The highest BCUT2D eigenvalue weighted by Gasteiger charge is 2.11. The van der Waals surface area contributed by atoms with Crippen molar-refractivity contribution in [2.75, 3.05) is 5.32 Å². The second kappa shape index (κ2) is 4.60. The van der Waals surface area contributed by atoms with Gasteiger partial charge in [0.05, 0.1) is 4.83 Å². The summed E-state index contributed by atoms with van der Waals surface area (Å²) in [5, 5.41) is 2.89. The van der Waals surface area contributed by atoms with Crippen LogP contribution in [0.5, 0.6) is 0 Å². The van der Waals surface area contributed by atoms with Gasteiger partial charge in [0.2, 0.25) is 5.91 Å². The van der Waals surface area contributed by atoms with Crippen LogP contribution in [0.4, 0.5) is 5.69 Å². The number of benzene rings is 1. The largest absolute Gasteiger partial charge is 0.325 e. The molecule has 3 heteroatoms. The van der Waals surface area contributed by atoms with E-state index < -0.39 is 0 Å². The van der Waals surface area contributed by atoms with Crippen molar-refractivity contribution in [2.45, 2.75) is 25.6 Å². The van der Waals surface area contributed by atoms with Gasteiger partial charge in [-0.25, -0.2) is 0 Å². The van der Waals surface area contributed by atoms with Gasteiger partial charge in [0.15, 0.2) is 0 Å². The average molecular weight is 256 g/mol. The van der Waals surface area contributed by atoms with E-state index in [0.29, 0.717) is 0 Å². The molecule has 1 aromatic carbocycles. The van der Waals surface area contributed by atoms with Crippen LogP contribution in [-0.4, -0.2) is 10.7 Å². The molecule has 2 nitrogen and oxygen atoms in total. The number of amides is 1. The number of anilines is 1. The van der Waals surface area contributed by atoms with E-state index in [0.717, 1.165) is 16.8 Å². The molecular weight excluding hydrogens is 242 g/mol. The minimum atomic E-state index is -0.165.